The van der Waals surface area contributed by atoms with Crippen LogP contribution < -0.4 is 26.0 Å². The first-order valence-corrected chi connectivity index (χ1v) is 38.2. The fourth-order valence-electron chi connectivity index (χ4n) is 12.5. The minimum absolute atomic E-state index is 0.297. The summed E-state index contributed by atoms with van der Waals surface area (Å²) in [5.41, 5.74) is 15.8. The van der Waals surface area contributed by atoms with Gasteiger partial charge in [0.15, 0.2) is 0 Å². The van der Waals surface area contributed by atoms with Gasteiger partial charge in [0.25, 0.3) is 46.8 Å². The number of ether oxygens (including phenoxy) is 1. The van der Waals surface area contributed by atoms with Crippen LogP contribution in [0.4, 0.5) is 24.4 Å². The summed E-state index contributed by atoms with van der Waals surface area (Å²) >= 11 is 4.59. The highest BCUT2D eigenvalue weighted by molar-refractivity contribution is 7.11. The van der Waals surface area contributed by atoms with E-state index >= 15 is 0 Å². The molecule has 0 aliphatic carbocycles. The highest BCUT2D eigenvalue weighted by atomic mass is 32.1. The van der Waals surface area contributed by atoms with Crippen LogP contribution in [0.2, 0.25) is 0 Å². The van der Waals surface area contributed by atoms with Gasteiger partial charge < -0.3 is 43.6 Å². The summed E-state index contributed by atoms with van der Waals surface area (Å²) < 4.78 is 42.5. The Hall–Kier alpha value is -13.8. The lowest BCUT2D eigenvalue weighted by molar-refractivity contribution is -0.113. The summed E-state index contributed by atoms with van der Waals surface area (Å²) in [5, 5.41) is 21.7. The molecular formula is C86H68FN13O9S4. The molecule has 4 aromatic carbocycles. The molecule has 0 radical (unpaired) electrons. The number of nitrogens with zero attached hydrogens (tertiary/aromatic N) is 9. The van der Waals surface area contributed by atoms with Crippen LogP contribution in [0.1, 0.15) is 115 Å². The van der Waals surface area contributed by atoms with Crippen molar-refractivity contribution < 1.29 is 47.5 Å². The van der Waals surface area contributed by atoms with Crippen LogP contribution in [0.5, 0.6) is 5.75 Å². The maximum Gasteiger partial charge on any atom is 0.297 e. The van der Waals surface area contributed by atoms with Gasteiger partial charge in [-0.05, 0) is 230 Å². The molecule has 0 unspecified atom stereocenters. The van der Waals surface area contributed by atoms with E-state index < -0.39 is 46.8 Å². The molecule has 0 saturated heterocycles. The Morgan fingerprint density at radius 3 is 0.894 bits per heavy atom. The van der Waals surface area contributed by atoms with Crippen LogP contribution in [-0.2, 0) is 44.9 Å². The molecule has 27 heteroatoms. The summed E-state index contributed by atoms with van der Waals surface area (Å²) in [6, 6.07) is 69.7. The predicted molar refractivity (Wildman–Crippen MR) is 437 cm³/mol. The Bertz CT molecular complexity index is 6280. The third-order valence-electron chi connectivity index (χ3n) is 17.8. The number of nitriles is 1. The van der Waals surface area contributed by atoms with Crippen molar-refractivity contribution in [1.82, 2.24) is 35.1 Å². The van der Waals surface area contributed by atoms with Gasteiger partial charge >= 0.3 is 0 Å². The van der Waals surface area contributed by atoms with Crippen LogP contribution in [0.25, 0.3) is 22.1 Å². The average Bonchev–Trinajstić information content (AvgIpc) is 1.65. The first kappa shape index (κ1) is 77.4. The number of fused-ring (bicyclic) bond motifs is 4. The number of methoxy groups -OCH3 is 1. The number of aryl methyl sites for hydroxylation is 4. The second-order valence-corrected chi connectivity index (χ2v) is 29.2. The maximum atomic E-state index is 13.2. The summed E-state index contributed by atoms with van der Waals surface area (Å²) in [5.74, 6) is -4.53. The topological polar surface area (TPSA) is 287 Å². The van der Waals surface area contributed by atoms with E-state index in [9.17, 15) is 42.7 Å². The zero-order valence-corrected chi connectivity index (χ0v) is 64.5. The maximum absolute atomic E-state index is 13.2. The number of amides is 4. The van der Waals surface area contributed by atoms with E-state index in [1.165, 1.54) is 12.1 Å². The Labute approximate surface area is 662 Å². The fraction of sp³-hybridized carbons (Fsp3) is 0.105. The van der Waals surface area contributed by atoms with E-state index in [2.05, 4.69) is 44.8 Å². The average molecular weight is 1570 g/mol. The molecule has 0 spiro atoms. The number of carbonyl (C=O) groups excluding carboxylic acids is 8. The second-order valence-electron chi connectivity index (χ2n) is 26.0. The smallest absolute Gasteiger partial charge is 0.297 e. The first-order valence-electron chi connectivity index (χ1n) is 35.1. The van der Waals surface area contributed by atoms with Crippen LogP contribution in [0, 0.1) is 44.8 Å². The van der Waals surface area contributed by atoms with Crippen molar-refractivity contribution in [3.63, 3.8) is 0 Å². The molecule has 0 atom stereocenters. The highest BCUT2D eigenvalue weighted by Crippen LogP contribution is 2.29. The van der Waals surface area contributed by atoms with Crippen molar-refractivity contribution in [3.8, 4) is 11.8 Å². The van der Waals surface area contributed by atoms with E-state index in [0.29, 0.717) is 90.1 Å². The lowest BCUT2D eigenvalue weighted by Crippen LogP contribution is -2.22. The fourth-order valence-corrected chi connectivity index (χ4v) is 15.1. The molecule has 0 aliphatic heterocycles. The van der Waals surface area contributed by atoms with Gasteiger partial charge in [-0.1, -0.05) is 91.0 Å². The molecule has 0 aliphatic rings. The lowest BCUT2D eigenvalue weighted by Gasteiger charge is -2.04. The van der Waals surface area contributed by atoms with Crippen molar-refractivity contribution in [3.05, 3.63) is 351 Å². The number of pyridine rings is 4. The van der Waals surface area contributed by atoms with E-state index in [4.69, 9.17) is 10.00 Å². The molecule has 562 valence electrons. The van der Waals surface area contributed by atoms with Crippen molar-refractivity contribution in [2.24, 2.45) is 0 Å². The van der Waals surface area contributed by atoms with Crippen molar-refractivity contribution >= 4 is 135 Å². The summed E-state index contributed by atoms with van der Waals surface area (Å²) in [7, 11) is 1.63. The third-order valence-corrected chi connectivity index (χ3v) is 21.0. The van der Waals surface area contributed by atoms with E-state index in [0.717, 1.165) is 125 Å². The summed E-state index contributed by atoms with van der Waals surface area (Å²) in [6.45, 7) is 7.31. The quantitative estimate of drug-likeness (QED) is 0.0384. The number of aromatic nitrogens is 8. The lowest BCUT2D eigenvalue weighted by atomic mass is 10.1. The minimum Gasteiger partial charge on any atom is -0.497 e. The molecule has 4 amide bonds. The zero-order chi connectivity index (χ0) is 79.2. The number of hydrogen-bond donors (Lipinski definition) is 4. The Morgan fingerprint density at radius 1 is 0.363 bits per heavy atom. The second kappa shape index (κ2) is 35.3. The highest BCUT2D eigenvalue weighted by Gasteiger charge is 2.28. The van der Waals surface area contributed by atoms with Crippen molar-refractivity contribution in [2.45, 2.75) is 53.4 Å². The number of nitrogens with one attached hydrogen (secondary N) is 4. The molecule has 16 rings (SSSR count). The number of benzene rings is 4. The van der Waals surface area contributed by atoms with Gasteiger partial charge in [0.05, 0.1) is 85.8 Å². The van der Waals surface area contributed by atoms with Crippen molar-refractivity contribution in [1.29, 1.82) is 5.26 Å². The van der Waals surface area contributed by atoms with Gasteiger partial charge in [0, 0.05) is 73.2 Å². The number of rotatable bonds is 21. The number of anilines is 4. The van der Waals surface area contributed by atoms with Crippen LogP contribution >= 0.6 is 46.1 Å². The molecule has 22 nitrogen and oxygen atoms in total. The molecule has 0 bridgehead atoms. The number of carbonyl (C=O) groups is 8. The normalized spacial score (nSPS) is 10.8. The Kier molecular flexibility index (Phi) is 24.2. The Balaban J connectivity index is 0.000000132. The number of halogens is 1. The molecule has 12 aromatic heterocycles. The molecular weight excluding hydrogens is 1510 g/mol. The monoisotopic (exact) mass is 1570 g/mol. The van der Waals surface area contributed by atoms with E-state index in [1.807, 2.05) is 210 Å². The minimum atomic E-state index is -0.701. The molecule has 16 aromatic rings. The van der Waals surface area contributed by atoms with Gasteiger partial charge in [-0.2, -0.15) is 22.8 Å². The number of hydrogen-bond acceptors (Lipinski definition) is 18. The van der Waals surface area contributed by atoms with E-state index in [-0.39, 0.29) is 5.82 Å². The van der Waals surface area contributed by atoms with Gasteiger partial charge in [0.2, 0.25) is 0 Å². The molecule has 113 heavy (non-hydrogen) atoms. The van der Waals surface area contributed by atoms with Gasteiger partial charge in [-0.25, -0.2) is 4.39 Å². The van der Waals surface area contributed by atoms with Crippen LogP contribution in [0.15, 0.2) is 249 Å². The number of Topliss-reactive ketones (excluding diaryl/α,β-unsaturated/α-hetero) is 4. The SMILES string of the molecule is COc1ccc(Cc2cc(C(=O)C(=O)Nc3cc(C)ns3)c3ccccn23)cc1.Cc1cc(NC(=O)C(=O)c2cc(Cc3ccc(C#N)cc3)n3ccccc23)sn1.Cc1cc(NC(=O)C(=O)c2cc(Cc3ccc(F)cc3)n3ccccc23)sn1.Cc1cc(NC(=O)C(=O)c2cc(Cc3ccccc3)n3ccccc23)sn1. The van der Waals surface area contributed by atoms with Gasteiger partial charge in [-0.15, -0.1) is 0 Å². The van der Waals surface area contributed by atoms with Crippen LogP contribution in [0.3, 0.4) is 0 Å². The molecule has 4 N–H and O–H groups in total. The third kappa shape index (κ3) is 18.8. The summed E-state index contributed by atoms with van der Waals surface area (Å²) in [4.78, 5) is 101. The van der Waals surface area contributed by atoms with Gasteiger partial charge in [0.1, 0.15) is 31.6 Å². The molecule has 0 saturated carbocycles. The Morgan fingerprint density at radius 2 is 0.628 bits per heavy atom. The molecule has 12 heterocycles. The van der Waals surface area contributed by atoms with Crippen molar-refractivity contribution in [2.75, 3.05) is 28.4 Å². The number of ketones is 4. The standard InChI is InChI=1S/C22H16N4O2S.C22H19N3O3S.C21H16FN3O2S.C21H17N3O2S/c1-14-10-20(29-25-14)24-22(28)21(27)18-12-17(26-9-3-2-4-19(18)26)11-15-5-7-16(13-23)8-6-15;1-14-11-20(29-24-14)23-22(27)21(26)18-13-16(25-10-4-3-5-19(18)25)12-15-6-8-17(28-2)9-7-15;1-13-10-19(28-24-13)23-21(27)20(26)17-12-16(25-9-3-2-4-18(17)25)11-14-5-7-15(22)8-6-14;1-14-11-19(27-23-14)22-21(26)20(25)17-13-16(12-15-7-3-2-4-8-15)24-10-6-5-9-18(17)24/h2-10,12H,11H2,1H3,(H,24,28);3-11,13H,12H2,1-2H3,(H,23,27);2-10,12H,11H2,1H3,(H,23,27);2-11,13H,12H2,1H3,(H,22,26). The largest absolute Gasteiger partial charge is 0.497 e. The van der Waals surface area contributed by atoms with E-state index in [1.54, 1.807) is 79.9 Å². The zero-order valence-electron chi connectivity index (χ0n) is 61.2. The first-order chi connectivity index (χ1) is 54.7. The van der Waals surface area contributed by atoms with Crippen LogP contribution in [-0.4, -0.2) is 89.0 Å². The summed E-state index contributed by atoms with van der Waals surface area (Å²) in [6.07, 6.45) is 9.90. The predicted octanol–water partition coefficient (Wildman–Crippen LogP) is 16.5. The van der Waals surface area contributed by atoms with Gasteiger partial charge in [-0.3, -0.25) is 38.4 Å². The molecule has 0 fully saturated rings.